The van der Waals surface area contributed by atoms with E-state index in [1.54, 1.807) is 12.1 Å². The number of benzene rings is 1. The summed E-state index contributed by atoms with van der Waals surface area (Å²) in [6.45, 7) is 8.75. The molecule has 0 bridgehead atoms. The van der Waals surface area contributed by atoms with Gasteiger partial charge in [0.25, 0.3) is 0 Å². The summed E-state index contributed by atoms with van der Waals surface area (Å²) in [7, 11) is -0.684. The zero-order valence-electron chi connectivity index (χ0n) is 14.1. The lowest BCUT2D eigenvalue weighted by molar-refractivity contribution is 0.00578. The lowest BCUT2D eigenvalue weighted by Crippen LogP contribution is -2.41. The summed E-state index contributed by atoms with van der Waals surface area (Å²) < 4.78 is 25.4. The van der Waals surface area contributed by atoms with Crippen LogP contribution in [0, 0.1) is 5.82 Å². The van der Waals surface area contributed by atoms with Gasteiger partial charge in [0, 0.05) is 0 Å². The fraction of sp³-hybridized carbons (Fsp3) is 0.471. The van der Waals surface area contributed by atoms with E-state index >= 15 is 0 Å². The number of Topliss-reactive ketones (excluding diaryl/α,β-unsaturated/α-hetero) is 1. The third-order valence-electron chi connectivity index (χ3n) is 4.46. The van der Waals surface area contributed by atoms with Gasteiger partial charge in [-0.25, -0.2) is 4.39 Å². The molecule has 0 radical (unpaired) electrons. The van der Waals surface area contributed by atoms with Gasteiger partial charge in [-0.15, -0.1) is 0 Å². The maximum Gasteiger partial charge on any atom is 0.492 e. The standard InChI is InChI=1S/C17H22BFO4/c1-11(21)14-9-12(6-7-15(14)19)8-13(10-20)18-22-16(2,3)17(4,5)23-18/h6-9,20H,10H2,1-5H3. The fourth-order valence-corrected chi connectivity index (χ4v) is 2.30. The Morgan fingerprint density at radius 2 is 1.83 bits per heavy atom. The molecule has 6 heteroatoms. The van der Waals surface area contributed by atoms with E-state index in [2.05, 4.69) is 0 Å². The zero-order chi connectivity index (χ0) is 17.4. The molecule has 0 spiro atoms. The number of halogens is 1. The third-order valence-corrected chi connectivity index (χ3v) is 4.46. The van der Waals surface area contributed by atoms with Crippen LogP contribution in [0.4, 0.5) is 4.39 Å². The van der Waals surface area contributed by atoms with E-state index in [1.807, 2.05) is 27.7 Å². The number of hydrogen-bond acceptors (Lipinski definition) is 4. The van der Waals surface area contributed by atoms with Crippen LogP contribution in [0.15, 0.2) is 23.7 Å². The van der Waals surface area contributed by atoms with Crippen LogP contribution >= 0.6 is 0 Å². The van der Waals surface area contributed by atoms with Crippen molar-refractivity contribution in [3.8, 4) is 0 Å². The van der Waals surface area contributed by atoms with Crippen LogP contribution in [0.3, 0.4) is 0 Å². The molecule has 4 nitrogen and oxygen atoms in total. The van der Waals surface area contributed by atoms with Crippen molar-refractivity contribution in [3.05, 3.63) is 40.6 Å². The van der Waals surface area contributed by atoms with Crippen molar-refractivity contribution in [3.63, 3.8) is 0 Å². The number of aliphatic hydroxyl groups is 1. The van der Waals surface area contributed by atoms with Crippen molar-refractivity contribution in [2.75, 3.05) is 6.61 Å². The number of rotatable bonds is 4. The Morgan fingerprint density at radius 1 is 1.26 bits per heavy atom. The highest BCUT2D eigenvalue weighted by Crippen LogP contribution is 2.38. The van der Waals surface area contributed by atoms with Gasteiger partial charge in [0.2, 0.25) is 0 Å². The molecule has 0 aliphatic carbocycles. The SMILES string of the molecule is CC(=O)c1cc(C=C(CO)B2OC(C)(C)C(C)(C)O2)ccc1F. The Morgan fingerprint density at radius 3 is 2.30 bits per heavy atom. The van der Waals surface area contributed by atoms with Crippen LogP contribution in [0.1, 0.15) is 50.5 Å². The largest absolute Gasteiger partial charge is 0.492 e. The van der Waals surface area contributed by atoms with Crippen LogP contribution < -0.4 is 0 Å². The molecule has 1 heterocycles. The summed E-state index contributed by atoms with van der Waals surface area (Å²) in [5, 5.41) is 9.65. The van der Waals surface area contributed by atoms with E-state index in [0.717, 1.165) is 0 Å². The molecule has 1 fully saturated rings. The molecule has 1 aliphatic rings. The van der Waals surface area contributed by atoms with Gasteiger partial charge in [0.1, 0.15) is 5.82 Å². The van der Waals surface area contributed by atoms with Crippen LogP contribution in [0.25, 0.3) is 6.08 Å². The molecule has 0 aromatic heterocycles. The van der Waals surface area contributed by atoms with Gasteiger partial charge in [0.15, 0.2) is 5.78 Å². The van der Waals surface area contributed by atoms with Crippen LogP contribution in [-0.2, 0) is 9.31 Å². The molecule has 2 rings (SSSR count). The zero-order valence-corrected chi connectivity index (χ0v) is 14.1. The number of carbonyl (C=O) groups excluding carboxylic acids is 1. The fourth-order valence-electron chi connectivity index (χ4n) is 2.30. The van der Waals surface area contributed by atoms with Gasteiger partial charge in [-0.1, -0.05) is 12.1 Å². The molecule has 1 aromatic carbocycles. The Balaban J connectivity index is 2.34. The van der Waals surface area contributed by atoms with Gasteiger partial charge in [-0.05, 0) is 57.8 Å². The highest BCUT2D eigenvalue weighted by molar-refractivity contribution is 6.55. The van der Waals surface area contributed by atoms with Crippen molar-refractivity contribution in [2.24, 2.45) is 0 Å². The molecular formula is C17H22BFO4. The number of aliphatic hydroxyl groups excluding tert-OH is 1. The van der Waals surface area contributed by atoms with Crippen molar-refractivity contribution < 1.29 is 23.6 Å². The minimum Gasteiger partial charge on any atom is -0.400 e. The van der Waals surface area contributed by atoms with E-state index in [-0.39, 0.29) is 18.0 Å². The topological polar surface area (TPSA) is 55.8 Å². The molecule has 1 N–H and O–H groups in total. The van der Waals surface area contributed by atoms with Crippen molar-refractivity contribution in [1.82, 2.24) is 0 Å². The summed E-state index contributed by atoms with van der Waals surface area (Å²) in [5.74, 6) is -0.908. The second-order valence-corrected chi connectivity index (χ2v) is 6.76. The van der Waals surface area contributed by atoms with Gasteiger partial charge in [-0.2, -0.15) is 0 Å². The second-order valence-electron chi connectivity index (χ2n) is 6.76. The molecule has 0 amide bonds. The first kappa shape index (κ1) is 17.9. The molecule has 1 saturated heterocycles. The maximum atomic E-state index is 13.6. The number of carbonyl (C=O) groups is 1. The third kappa shape index (κ3) is 3.55. The van der Waals surface area contributed by atoms with E-state index in [9.17, 15) is 14.3 Å². The molecule has 0 atom stereocenters. The first-order chi connectivity index (χ1) is 10.6. The average Bonchev–Trinajstić information content (AvgIpc) is 2.66. The molecule has 1 aromatic rings. The molecule has 0 unspecified atom stereocenters. The van der Waals surface area contributed by atoms with Crippen molar-refractivity contribution in [1.29, 1.82) is 0 Å². The number of ketones is 1. The highest BCUT2D eigenvalue weighted by atomic mass is 19.1. The van der Waals surface area contributed by atoms with E-state index in [1.165, 1.54) is 19.1 Å². The average molecular weight is 320 g/mol. The van der Waals surface area contributed by atoms with E-state index < -0.39 is 24.1 Å². The molecule has 23 heavy (non-hydrogen) atoms. The second kappa shape index (κ2) is 6.19. The first-order valence-corrected chi connectivity index (χ1v) is 7.55. The maximum absolute atomic E-state index is 13.6. The summed E-state index contributed by atoms with van der Waals surface area (Å²) in [6, 6.07) is 4.24. The van der Waals surface area contributed by atoms with Crippen molar-refractivity contribution in [2.45, 2.75) is 45.8 Å². The highest BCUT2D eigenvalue weighted by Gasteiger charge is 2.52. The smallest absolute Gasteiger partial charge is 0.400 e. The first-order valence-electron chi connectivity index (χ1n) is 7.55. The summed E-state index contributed by atoms with van der Waals surface area (Å²) in [5.41, 5.74) is 0.114. The van der Waals surface area contributed by atoms with Gasteiger partial charge >= 0.3 is 7.12 Å². The van der Waals surface area contributed by atoms with Crippen molar-refractivity contribution >= 4 is 19.0 Å². The van der Waals surface area contributed by atoms with Gasteiger partial charge < -0.3 is 14.4 Å². The van der Waals surface area contributed by atoms with E-state index in [4.69, 9.17) is 9.31 Å². The Hall–Kier alpha value is -1.50. The van der Waals surface area contributed by atoms with Crippen LogP contribution in [0.2, 0.25) is 0 Å². The Labute approximate surface area is 136 Å². The van der Waals surface area contributed by atoms with Gasteiger partial charge in [-0.3, -0.25) is 4.79 Å². The van der Waals surface area contributed by atoms with E-state index in [0.29, 0.717) is 11.0 Å². The quantitative estimate of drug-likeness (QED) is 0.684. The number of hydrogen-bond donors (Lipinski definition) is 1. The van der Waals surface area contributed by atoms with Crippen LogP contribution in [-0.4, -0.2) is 35.8 Å². The Kier molecular flexibility index (Phi) is 4.80. The summed E-state index contributed by atoms with van der Waals surface area (Å²) >= 11 is 0. The predicted molar refractivity (Wildman–Crippen MR) is 87.5 cm³/mol. The summed E-state index contributed by atoms with van der Waals surface area (Å²) in [4.78, 5) is 11.4. The monoisotopic (exact) mass is 320 g/mol. The molecule has 0 saturated carbocycles. The molecule has 1 aliphatic heterocycles. The molecular weight excluding hydrogens is 298 g/mol. The Bertz CT molecular complexity index is 636. The van der Waals surface area contributed by atoms with Crippen LogP contribution in [0.5, 0.6) is 0 Å². The van der Waals surface area contributed by atoms with Gasteiger partial charge in [0.05, 0.1) is 23.4 Å². The lowest BCUT2D eigenvalue weighted by atomic mass is 9.77. The molecule has 124 valence electrons. The predicted octanol–water partition coefficient (Wildman–Crippen LogP) is 3.04. The summed E-state index contributed by atoms with van der Waals surface area (Å²) in [6.07, 6.45) is 1.66. The normalized spacial score (nSPS) is 20.0. The minimum absolute atomic E-state index is 0.0185. The lowest BCUT2D eigenvalue weighted by Gasteiger charge is -2.32. The minimum atomic E-state index is -0.684.